The van der Waals surface area contributed by atoms with Crippen LogP contribution in [0.4, 0.5) is 0 Å². The first-order valence-electron chi connectivity index (χ1n) is 5.82. The van der Waals surface area contributed by atoms with Crippen LogP contribution in [0.2, 0.25) is 5.15 Å². The van der Waals surface area contributed by atoms with E-state index in [4.69, 9.17) is 17.3 Å². The average Bonchev–Trinajstić information content (AvgIpc) is 2.46. The van der Waals surface area contributed by atoms with Gasteiger partial charge >= 0.3 is 0 Å². The van der Waals surface area contributed by atoms with E-state index < -0.39 is 6.04 Å². The minimum absolute atomic E-state index is 0.330. The van der Waals surface area contributed by atoms with Crippen LogP contribution in [0, 0.1) is 0 Å². The molecule has 19 heavy (non-hydrogen) atoms. The van der Waals surface area contributed by atoms with E-state index in [1.54, 1.807) is 18.6 Å². The number of hydrogen-bond donors (Lipinski definition) is 1. The number of rotatable bonds is 2. The first kappa shape index (κ1) is 12.0. The molecular formula is C14H11ClN4. The molecule has 2 aromatic heterocycles. The molecule has 0 spiro atoms. The topological polar surface area (TPSA) is 64.7 Å². The zero-order valence-electron chi connectivity index (χ0n) is 9.99. The van der Waals surface area contributed by atoms with Crippen LogP contribution in [0.25, 0.3) is 10.9 Å². The second-order valence-corrected chi connectivity index (χ2v) is 4.52. The summed E-state index contributed by atoms with van der Waals surface area (Å²) < 4.78 is 0. The monoisotopic (exact) mass is 270 g/mol. The lowest BCUT2D eigenvalue weighted by molar-refractivity contribution is 0.819. The Morgan fingerprint density at radius 3 is 2.68 bits per heavy atom. The van der Waals surface area contributed by atoms with Crippen molar-refractivity contribution in [2.45, 2.75) is 6.04 Å². The summed E-state index contributed by atoms with van der Waals surface area (Å²) in [4.78, 5) is 12.5. The van der Waals surface area contributed by atoms with Crippen LogP contribution in [0.1, 0.15) is 17.3 Å². The second-order valence-electron chi connectivity index (χ2n) is 4.17. The summed E-state index contributed by atoms with van der Waals surface area (Å²) in [6, 6.07) is 9.40. The van der Waals surface area contributed by atoms with Crippen molar-refractivity contribution in [1.29, 1.82) is 0 Å². The maximum atomic E-state index is 6.19. The summed E-state index contributed by atoms with van der Waals surface area (Å²) in [7, 11) is 0. The van der Waals surface area contributed by atoms with E-state index in [0.29, 0.717) is 10.8 Å². The van der Waals surface area contributed by atoms with Gasteiger partial charge in [0.05, 0.1) is 17.3 Å². The number of benzene rings is 1. The van der Waals surface area contributed by atoms with Crippen molar-refractivity contribution in [3.63, 3.8) is 0 Å². The quantitative estimate of drug-likeness (QED) is 0.778. The second kappa shape index (κ2) is 4.91. The lowest BCUT2D eigenvalue weighted by atomic mass is 10.0. The van der Waals surface area contributed by atoms with Crippen LogP contribution in [0.5, 0.6) is 0 Å². The van der Waals surface area contributed by atoms with Crippen molar-refractivity contribution < 1.29 is 0 Å². The zero-order valence-corrected chi connectivity index (χ0v) is 10.7. The lowest BCUT2D eigenvalue weighted by Gasteiger charge is -2.12. The Kier molecular flexibility index (Phi) is 3.11. The Hall–Kier alpha value is -2.04. The van der Waals surface area contributed by atoms with E-state index in [1.165, 1.54) is 0 Å². The fraction of sp³-hybridized carbons (Fsp3) is 0.0714. The smallest absolute Gasteiger partial charge is 0.152 e. The molecule has 0 aliphatic heterocycles. The first-order chi connectivity index (χ1) is 9.25. The summed E-state index contributed by atoms with van der Waals surface area (Å²) in [5.41, 5.74) is 8.57. The normalized spacial score (nSPS) is 12.5. The van der Waals surface area contributed by atoms with Gasteiger partial charge in [-0.25, -0.2) is 4.98 Å². The lowest BCUT2D eigenvalue weighted by Crippen LogP contribution is -2.14. The molecule has 1 atom stereocenters. The minimum atomic E-state index is -0.410. The third-order valence-corrected chi connectivity index (χ3v) is 3.25. The minimum Gasteiger partial charge on any atom is -0.319 e. The van der Waals surface area contributed by atoms with Crippen LogP contribution in [-0.4, -0.2) is 15.0 Å². The fourth-order valence-corrected chi connectivity index (χ4v) is 2.20. The van der Waals surface area contributed by atoms with Crippen molar-refractivity contribution in [2.75, 3.05) is 0 Å². The van der Waals surface area contributed by atoms with Gasteiger partial charge in [-0.2, -0.15) is 0 Å². The highest BCUT2D eigenvalue weighted by Gasteiger charge is 2.15. The van der Waals surface area contributed by atoms with E-state index in [-0.39, 0.29) is 0 Å². The van der Waals surface area contributed by atoms with Crippen LogP contribution < -0.4 is 5.73 Å². The van der Waals surface area contributed by atoms with Crippen LogP contribution >= 0.6 is 11.6 Å². The molecule has 1 aromatic carbocycles. The zero-order chi connectivity index (χ0) is 13.2. The Bertz CT molecular complexity index is 729. The van der Waals surface area contributed by atoms with Crippen molar-refractivity contribution in [2.24, 2.45) is 5.73 Å². The fourth-order valence-electron chi connectivity index (χ4n) is 1.98. The van der Waals surface area contributed by atoms with Gasteiger partial charge in [0, 0.05) is 24.0 Å². The molecule has 3 rings (SSSR count). The number of aromatic nitrogens is 3. The number of pyridine rings is 1. The van der Waals surface area contributed by atoms with Gasteiger partial charge < -0.3 is 5.73 Å². The van der Waals surface area contributed by atoms with Gasteiger partial charge in [0.2, 0.25) is 0 Å². The molecule has 1 unspecified atom stereocenters. The molecule has 0 aliphatic carbocycles. The largest absolute Gasteiger partial charge is 0.319 e. The molecule has 0 aliphatic rings. The molecule has 2 N–H and O–H groups in total. The summed E-state index contributed by atoms with van der Waals surface area (Å²) in [5, 5.41) is 1.40. The molecular weight excluding hydrogens is 260 g/mol. The Labute approximate surface area is 115 Å². The summed E-state index contributed by atoms with van der Waals surface area (Å²) in [6.07, 6.45) is 4.88. The molecule has 3 aromatic rings. The number of hydrogen-bond acceptors (Lipinski definition) is 4. The summed E-state index contributed by atoms with van der Waals surface area (Å²) >= 11 is 6.02. The van der Waals surface area contributed by atoms with Crippen molar-refractivity contribution >= 4 is 22.5 Å². The summed E-state index contributed by atoms with van der Waals surface area (Å²) in [6.45, 7) is 0. The van der Waals surface area contributed by atoms with E-state index in [0.717, 1.165) is 16.5 Å². The van der Waals surface area contributed by atoms with E-state index in [2.05, 4.69) is 15.0 Å². The highest BCUT2D eigenvalue weighted by atomic mass is 35.5. The van der Waals surface area contributed by atoms with E-state index in [9.17, 15) is 0 Å². The van der Waals surface area contributed by atoms with Gasteiger partial charge in [-0.15, -0.1) is 0 Å². The van der Waals surface area contributed by atoms with Crippen molar-refractivity contribution in [3.05, 3.63) is 65.3 Å². The molecule has 4 nitrogen and oxygen atoms in total. The maximum Gasteiger partial charge on any atom is 0.152 e. The van der Waals surface area contributed by atoms with Crippen LogP contribution in [0.15, 0.2) is 48.9 Å². The molecule has 0 amide bonds. The van der Waals surface area contributed by atoms with E-state index >= 15 is 0 Å². The molecule has 94 valence electrons. The van der Waals surface area contributed by atoms with Gasteiger partial charge in [0.25, 0.3) is 0 Å². The van der Waals surface area contributed by atoms with Crippen LogP contribution in [-0.2, 0) is 0 Å². The highest BCUT2D eigenvalue weighted by molar-refractivity contribution is 6.30. The third kappa shape index (κ3) is 2.28. The van der Waals surface area contributed by atoms with Crippen LogP contribution in [0.3, 0.4) is 0 Å². The summed E-state index contributed by atoms with van der Waals surface area (Å²) in [5.74, 6) is 0. The Morgan fingerprint density at radius 2 is 1.84 bits per heavy atom. The van der Waals surface area contributed by atoms with Crippen molar-refractivity contribution in [1.82, 2.24) is 15.0 Å². The average molecular weight is 271 g/mol. The molecule has 2 heterocycles. The number of nitrogens with two attached hydrogens (primary N) is 1. The standard InChI is InChI=1S/C14H11ClN4/c15-14-13(18-6-7-19-14)12(16)10-4-3-9-2-1-5-17-11(9)8-10/h1-8,12H,16H2. The SMILES string of the molecule is NC(c1ccc2cccnc2c1)c1nccnc1Cl. The molecule has 0 radical (unpaired) electrons. The number of halogens is 1. The number of nitrogens with zero attached hydrogens (tertiary/aromatic N) is 3. The van der Waals surface area contributed by atoms with Gasteiger partial charge in [-0.05, 0) is 17.7 Å². The van der Waals surface area contributed by atoms with E-state index in [1.807, 2.05) is 30.3 Å². The molecule has 0 saturated carbocycles. The molecule has 0 saturated heterocycles. The van der Waals surface area contributed by atoms with Gasteiger partial charge in [0.1, 0.15) is 0 Å². The highest BCUT2D eigenvalue weighted by Crippen LogP contribution is 2.24. The molecule has 0 fully saturated rings. The Balaban J connectivity index is 2.07. The van der Waals surface area contributed by atoms with Gasteiger partial charge in [0.15, 0.2) is 5.15 Å². The number of fused-ring (bicyclic) bond motifs is 1. The van der Waals surface area contributed by atoms with Crippen molar-refractivity contribution in [3.8, 4) is 0 Å². The Morgan fingerprint density at radius 1 is 1.00 bits per heavy atom. The van der Waals surface area contributed by atoms with Gasteiger partial charge in [-0.3, -0.25) is 9.97 Å². The maximum absolute atomic E-state index is 6.19. The molecule has 5 heteroatoms. The van der Waals surface area contributed by atoms with Gasteiger partial charge in [-0.1, -0.05) is 29.8 Å². The predicted octanol–water partition coefficient (Wildman–Crippen LogP) is 2.73. The third-order valence-electron chi connectivity index (χ3n) is 2.96. The predicted molar refractivity (Wildman–Crippen MR) is 74.8 cm³/mol. The molecule has 0 bridgehead atoms. The first-order valence-corrected chi connectivity index (χ1v) is 6.20.